The number of rotatable bonds is 2. The van der Waals surface area contributed by atoms with Crippen LogP contribution in [0.5, 0.6) is 0 Å². The molecule has 0 atom stereocenters. The number of H-pyrrole nitrogens is 1. The molecule has 0 aliphatic heterocycles. The number of pyridine rings is 1. The molecule has 0 unspecified atom stereocenters. The maximum atomic E-state index is 12.8. The van der Waals surface area contributed by atoms with Crippen LogP contribution in [0, 0.1) is 0 Å². The van der Waals surface area contributed by atoms with Gasteiger partial charge in [0, 0.05) is 11.6 Å². The predicted octanol–water partition coefficient (Wildman–Crippen LogP) is 2.90. The highest BCUT2D eigenvalue weighted by molar-refractivity contribution is 7.89. The van der Waals surface area contributed by atoms with Crippen LogP contribution >= 0.6 is 0 Å². The number of nitrogens with two attached hydrogens (primary N) is 1. The Kier molecular flexibility index (Phi) is 3.42. The molecular weight excluding hydrogens is 331 g/mol. The van der Waals surface area contributed by atoms with Gasteiger partial charge in [-0.1, -0.05) is 12.1 Å². The highest BCUT2D eigenvalue weighted by Gasteiger charge is 2.33. The van der Waals surface area contributed by atoms with Crippen LogP contribution in [0.25, 0.3) is 22.2 Å². The summed E-state index contributed by atoms with van der Waals surface area (Å²) in [7, 11) is -3.83. The number of halogens is 3. The smallest absolute Gasteiger partial charge is 0.336 e. The first-order valence-electron chi connectivity index (χ1n) is 6.34. The van der Waals surface area contributed by atoms with Crippen molar-refractivity contribution in [1.82, 2.24) is 9.97 Å². The summed E-state index contributed by atoms with van der Waals surface area (Å²) in [5, 5.41) is 5.31. The molecule has 3 N–H and O–H groups in total. The summed E-state index contributed by atoms with van der Waals surface area (Å²) in [6.45, 7) is 0. The van der Waals surface area contributed by atoms with E-state index in [2.05, 4.69) is 9.97 Å². The van der Waals surface area contributed by atoms with Crippen LogP contribution < -0.4 is 5.14 Å². The van der Waals surface area contributed by atoms with E-state index in [1.54, 1.807) is 6.07 Å². The molecule has 1 aromatic carbocycles. The lowest BCUT2D eigenvalue weighted by Crippen LogP contribution is -2.11. The average Bonchev–Trinajstić information content (AvgIpc) is 2.90. The minimum Gasteiger partial charge on any atom is -0.336 e. The average molecular weight is 341 g/mol. The zero-order chi connectivity index (χ0) is 16.8. The molecule has 23 heavy (non-hydrogen) atoms. The van der Waals surface area contributed by atoms with E-state index < -0.39 is 21.9 Å². The predicted molar refractivity (Wildman–Crippen MR) is 77.9 cm³/mol. The second-order valence-corrected chi connectivity index (χ2v) is 6.43. The van der Waals surface area contributed by atoms with Gasteiger partial charge in [-0.25, -0.2) is 18.5 Å². The number of sulfonamides is 1. The number of hydrogen-bond donors (Lipinski definition) is 2. The Morgan fingerprint density at radius 1 is 1.09 bits per heavy atom. The molecule has 120 valence electrons. The van der Waals surface area contributed by atoms with E-state index in [4.69, 9.17) is 5.14 Å². The molecule has 9 heteroatoms. The summed E-state index contributed by atoms with van der Waals surface area (Å²) in [6, 6.07) is 8.10. The monoisotopic (exact) mass is 341 g/mol. The zero-order valence-corrected chi connectivity index (χ0v) is 12.2. The van der Waals surface area contributed by atoms with Gasteiger partial charge >= 0.3 is 6.18 Å². The van der Waals surface area contributed by atoms with Gasteiger partial charge in [-0.2, -0.15) is 13.2 Å². The second-order valence-electron chi connectivity index (χ2n) is 4.87. The second kappa shape index (κ2) is 5.07. The minimum atomic E-state index is -4.50. The van der Waals surface area contributed by atoms with E-state index in [9.17, 15) is 21.6 Å². The van der Waals surface area contributed by atoms with Crippen molar-refractivity contribution in [3.05, 3.63) is 48.3 Å². The summed E-state index contributed by atoms with van der Waals surface area (Å²) in [6.07, 6.45) is -3.13. The molecule has 5 nitrogen and oxygen atoms in total. The van der Waals surface area contributed by atoms with Gasteiger partial charge in [-0.15, -0.1) is 0 Å². The molecule has 3 aromatic rings. The maximum absolute atomic E-state index is 12.8. The van der Waals surface area contributed by atoms with Gasteiger partial charge < -0.3 is 4.98 Å². The van der Waals surface area contributed by atoms with Gasteiger partial charge in [0.1, 0.15) is 11.3 Å². The number of benzene rings is 1. The summed E-state index contributed by atoms with van der Waals surface area (Å²) in [5.74, 6) is 0. The number of aromatic nitrogens is 2. The molecule has 0 aliphatic rings. The third kappa shape index (κ3) is 2.92. The van der Waals surface area contributed by atoms with Gasteiger partial charge in [0.05, 0.1) is 4.90 Å². The van der Waals surface area contributed by atoms with Crippen molar-refractivity contribution in [3.63, 3.8) is 0 Å². The number of aromatic amines is 1. The first kappa shape index (κ1) is 15.5. The normalized spacial score (nSPS) is 12.7. The lowest BCUT2D eigenvalue weighted by atomic mass is 10.0. The van der Waals surface area contributed by atoms with Gasteiger partial charge in [-0.05, 0) is 35.4 Å². The first-order chi connectivity index (χ1) is 10.7. The quantitative estimate of drug-likeness (QED) is 0.751. The Bertz CT molecular complexity index is 977. The van der Waals surface area contributed by atoms with Gasteiger partial charge in [0.15, 0.2) is 0 Å². The highest BCUT2D eigenvalue weighted by Crippen LogP contribution is 2.34. The van der Waals surface area contributed by atoms with E-state index in [-0.39, 0.29) is 10.5 Å². The fraction of sp³-hybridized carbons (Fsp3) is 0.0714. The van der Waals surface area contributed by atoms with Crippen LogP contribution in [0.15, 0.2) is 47.5 Å². The van der Waals surface area contributed by atoms with Crippen LogP contribution in [-0.2, 0) is 16.2 Å². The Labute approximate surface area is 129 Å². The summed E-state index contributed by atoms with van der Waals surface area (Å²) >= 11 is 0. The van der Waals surface area contributed by atoms with Crippen molar-refractivity contribution in [2.75, 3.05) is 0 Å². The van der Waals surface area contributed by atoms with Crippen LogP contribution in [-0.4, -0.2) is 18.4 Å². The van der Waals surface area contributed by atoms with Crippen molar-refractivity contribution < 1.29 is 21.6 Å². The third-order valence-electron chi connectivity index (χ3n) is 3.33. The van der Waals surface area contributed by atoms with Crippen molar-refractivity contribution >= 4 is 21.1 Å². The van der Waals surface area contributed by atoms with E-state index >= 15 is 0 Å². The molecule has 0 fully saturated rings. The van der Waals surface area contributed by atoms with Crippen molar-refractivity contribution in [2.45, 2.75) is 11.1 Å². The molecule has 0 aliphatic carbocycles. The van der Waals surface area contributed by atoms with Crippen molar-refractivity contribution in [2.24, 2.45) is 5.14 Å². The van der Waals surface area contributed by atoms with E-state index in [0.717, 1.165) is 6.07 Å². The number of fused-ring (bicyclic) bond motifs is 1. The Balaban J connectivity index is 2.15. The van der Waals surface area contributed by atoms with Crippen LogP contribution in [0.3, 0.4) is 0 Å². The summed E-state index contributed by atoms with van der Waals surface area (Å²) < 4.78 is 60.9. The molecule has 2 aromatic heterocycles. The Hall–Kier alpha value is -2.39. The largest absolute Gasteiger partial charge is 0.431 e. The molecule has 0 amide bonds. The van der Waals surface area contributed by atoms with Gasteiger partial charge in [0.25, 0.3) is 0 Å². The molecular formula is C14H10F3N3O2S. The van der Waals surface area contributed by atoms with Crippen LogP contribution in [0.2, 0.25) is 0 Å². The topological polar surface area (TPSA) is 88.8 Å². The molecule has 2 heterocycles. The van der Waals surface area contributed by atoms with E-state index in [1.807, 2.05) is 0 Å². The summed E-state index contributed by atoms with van der Waals surface area (Å²) in [5.41, 5.74) is 0.263. The number of primary sulfonamides is 1. The molecule has 0 spiro atoms. The fourth-order valence-electron chi connectivity index (χ4n) is 2.26. The third-order valence-corrected chi connectivity index (χ3v) is 4.26. The van der Waals surface area contributed by atoms with Gasteiger partial charge in [0.2, 0.25) is 10.0 Å². The number of alkyl halides is 3. The lowest BCUT2D eigenvalue weighted by molar-refractivity contribution is -0.140. The molecule has 0 radical (unpaired) electrons. The maximum Gasteiger partial charge on any atom is 0.431 e. The van der Waals surface area contributed by atoms with E-state index in [1.165, 1.54) is 30.5 Å². The van der Waals surface area contributed by atoms with Gasteiger partial charge in [-0.3, -0.25) is 0 Å². The molecule has 0 saturated carbocycles. The minimum absolute atomic E-state index is 0.0726. The van der Waals surface area contributed by atoms with E-state index in [0.29, 0.717) is 16.5 Å². The Morgan fingerprint density at radius 2 is 1.74 bits per heavy atom. The Morgan fingerprint density at radius 3 is 2.30 bits per heavy atom. The zero-order valence-electron chi connectivity index (χ0n) is 11.4. The lowest BCUT2D eigenvalue weighted by Gasteiger charge is -2.04. The van der Waals surface area contributed by atoms with Crippen molar-refractivity contribution in [3.8, 4) is 11.1 Å². The standard InChI is InChI=1S/C14H10F3N3O2S/c15-14(16,17)12-7-11-10(5-6-19-13(11)20-12)8-1-3-9(4-2-8)23(18,21)22/h1-7H,(H,19,20)(H2,18,21,22). The van der Waals surface area contributed by atoms with Crippen molar-refractivity contribution in [1.29, 1.82) is 0 Å². The molecule has 3 rings (SSSR count). The molecule has 0 saturated heterocycles. The molecule has 0 bridgehead atoms. The highest BCUT2D eigenvalue weighted by atomic mass is 32.2. The summed E-state index contributed by atoms with van der Waals surface area (Å²) in [4.78, 5) is 6.04. The first-order valence-corrected chi connectivity index (χ1v) is 7.89. The fourth-order valence-corrected chi connectivity index (χ4v) is 2.77. The number of nitrogens with one attached hydrogen (secondary N) is 1. The van der Waals surface area contributed by atoms with Crippen LogP contribution in [0.1, 0.15) is 5.69 Å². The van der Waals surface area contributed by atoms with Crippen LogP contribution in [0.4, 0.5) is 13.2 Å². The number of hydrogen-bond acceptors (Lipinski definition) is 3. The number of nitrogens with zero attached hydrogens (tertiary/aromatic N) is 1. The SMILES string of the molecule is NS(=O)(=O)c1ccc(-c2ccnc3[nH]c(C(F)(F)F)cc23)cc1.